The van der Waals surface area contributed by atoms with Gasteiger partial charge >= 0.3 is 0 Å². The number of nitrogens with one attached hydrogen (secondary N) is 3. The predicted octanol–water partition coefficient (Wildman–Crippen LogP) is 9.85. The van der Waals surface area contributed by atoms with E-state index in [9.17, 15) is 0 Å². The lowest BCUT2D eigenvalue weighted by Gasteiger charge is -2.27. The number of nitrogens with two attached hydrogens (primary N) is 1. The van der Waals surface area contributed by atoms with Crippen LogP contribution in [0.1, 0.15) is 54.6 Å². The van der Waals surface area contributed by atoms with Crippen molar-refractivity contribution in [2.45, 2.75) is 33.4 Å². The van der Waals surface area contributed by atoms with Crippen LogP contribution in [0.4, 0.5) is 5.69 Å². The van der Waals surface area contributed by atoms with Gasteiger partial charge in [-0.2, -0.15) is 0 Å². The molecule has 0 spiro atoms. The van der Waals surface area contributed by atoms with Gasteiger partial charge in [-0.15, -0.1) is 0 Å². The molecule has 4 heteroatoms. The average molecular weight is 621 g/mol. The van der Waals surface area contributed by atoms with Crippen molar-refractivity contribution in [1.82, 2.24) is 10.6 Å². The normalized spacial score (nSPS) is 12.8. The molecule has 6 rings (SSSR count). The molecular formula is C43H48N4. The maximum Gasteiger partial charge on any atom is 0.103 e. The van der Waals surface area contributed by atoms with Gasteiger partial charge in [0.25, 0.3) is 0 Å². The van der Waals surface area contributed by atoms with Crippen LogP contribution in [0.3, 0.4) is 0 Å². The molecule has 1 atom stereocenters. The lowest BCUT2D eigenvalue weighted by molar-refractivity contribution is 0.576. The van der Waals surface area contributed by atoms with E-state index in [-0.39, 0.29) is 6.04 Å². The number of allylic oxidation sites excluding steroid dienone is 3. The van der Waals surface area contributed by atoms with E-state index in [1.807, 2.05) is 20.8 Å². The molecular weight excluding hydrogens is 573 g/mol. The van der Waals surface area contributed by atoms with Gasteiger partial charge in [0.2, 0.25) is 0 Å². The van der Waals surface area contributed by atoms with Crippen molar-refractivity contribution in [3.63, 3.8) is 0 Å². The van der Waals surface area contributed by atoms with Crippen LogP contribution in [0.15, 0.2) is 158 Å². The van der Waals surface area contributed by atoms with Gasteiger partial charge in [0.1, 0.15) is 5.82 Å². The number of hydrogen-bond acceptors (Lipinski definition) is 4. The molecule has 1 unspecified atom stereocenters. The first-order valence-electron chi connectivity index (χ1n) is 16.5. The molecule has 0 aromatic heterocycles. The highest BCUT2D eigenvalue weighted by Gasteiger charge is 2.20. The fraction of sp³-hybridized carbons (Fsp3) is 0.163. The summed E-state index contributed by atoms with van der Waals surface area (Å²) in [6, 6.07) is 42.7. The summed E-state index contributed by atoms with van der Waals surface area (Å²) in [6.45, 7) is 12.2. The summed E-state index contributed by atoms with van der Waals surface area (Å²) in [5.41, 5.74) is 13.7. The maximum absolute atomic E-state index is 4.62. The van der Waals surface area contributed by atoms with E-state index in [1.54, 1.807) is 0 Å². The first kappa shape index (κ1) is 34.7. The molecule has 5 aromatic carbocycles. The van der Waals surface area contributed by atoms with E-state index in [4.69, 9.17) is 0 Å². The molecule has 4 nitrogen and oxygen atoms in total. The average Bonchev–Trinajstić information content (AvgIpc) is 3.15. The van der Waals surface area contributed by atoms with Crippen LogP contribution in [-0.2, 0) is 6.54 Å². The van der Waals surface area contributed by atoms with Crippen LogP contribution < -0.4 is 21.7 Å². The number of dihydropyridines is 1. The molecule has 0 saturated carbocycles. The quantitative estimate of drug-likeness (QED) is 0.126. The third-order valence-electron chi connectivity index (χ3n) is 7.94. The van der Waals surface area contributed by atoms with Gasteiger partial charge in [-0.3, -0.25) is 0 Å². The predicted molar refractivity (Wildman–Crippen MR) is 205 cm³/mol. The minimum Gasteiger partial charge on any atom is -0.368 e. The van der Waals surface area contributed by atoms with Crippen LogP contribution in [0.25, 0.3) is 22.4 Å². The molecule has 0 aliphatic carbocycles. The highest BCUT2D eigenvalue weighted by molar-refractivity contribution is 6.03. The van der Waals surface area contributed by atoms with Gasteiger partial charge in [0.15, 0.2) is 0 Å². The minimum absolute atomic E-state index is 0.103. The summed E-state index contributed by atoms with van der Waals surface area (Å²) in [5.74, 6) is 0.963. The molecule has 240 valence electrons. The summed E-state index contributed by atoms with van der Waals surface area (Å²) >= 11 is 0. The highest BCUT2D eigenvalue weighted by Crippen LogP contribution is 2.37. The van der Waals surface area contributed by atoms with E-state index < -0.39 is 0 Å². The second-order valence-electron chi connectivity index (χ2n) is 10.8. The SMILES string of the molecule is C=C(c1ccccc1/C=C\C)c1c(NC2=CC=C(C(NCc3ccccc3)c3ccccc3)CN2)ccc2ccccc12.CC.CN. The summed E-state index contributed by atoms with van der Waals surface area (Å²) in [4.78, 5) is 0. The van der Waals surface area contributed by atoms with E-state index in [0.29, 0.717) is 0 Å². The van der Waals surface area contributed by atoms with Crippen LogP contribution in [-0.4, -0.2) is 13.6 Å². The van der Waals surface area contributed by atoms with Crippen molar-refractivity contribution in [2.75, 3.05) is 18.9 Å². The Bertz CT molecular complexity index is 1820. The molecule has 0 saturated heterocycles. The van der Waals surface area contributed by atoms with Crippen molar-refractivity contribution >= 4 is 28.1 Å². The molecule has 47 heavy (non-hydrogen) atoms. The Balaban J connectivity index is 0.00000120. The second-order valence-corrected chi connectivity index (χ2v) is 10.8. The molecule has 0 amide bonds. The van der Waals surface area contributed by atoms with E-state index in [0.717, 1.165) is 46.9 Å². The third kappa shape index (κ3) is 8.76. The zero-order valence-corrected chi connectivity index (χ0v) is 28.1. The van der Waals surface area contributed by atoms with Crippen molar-refractivity contribution in [1.29, 1.82) is 0 Å². The highest BCUT2D eigenvalue weighted by atomic mass is 15.1. The largest absolute Gasteiger partial charge is 0.368 e. The number of anilines is 1. The smallest absolute Gasteiger partial charge is 0.103 e. The Morgan fingerprint density at radius 3 is 2.17 bits per heavy atom. The Labute approximate surface area is 281 Å². The van der Waals surface area contributed by atoms with Crippen molar-refractivity contribution in [3.05, 3.63) is 185 Å². The Hall–Kier alpha value is -5.16. The minimum atomic E-state index is 0.103. The van der Waals surface area contributed by atoms with Gasteiger partial charge in [0.05, 0.1) is 6.04 Å². The monoisotopic (exact) mass is 620 g/mol. The van der Waals surface area contributed by atoms with Gasteiger partial charge < -0.3 is 21.7 Å². The molecule has 5 aromatic rings. The number of fused-ring (bicyclic) bond motifs is 1. The zero-order valence-electron chi connectivity index (χ0n) is 28.1. The zero-order chi connectivity index (χ0) is 33.4. The van der Waals surface area contributed by atoms with Crippen molar-refractivity contribution in [2.24, 2.45) is 5.73 Å². The fourth-order valence-corrected chi connectivity index (χ4v) is 5.79. The molecule has 0 radical (unpaired) electrons. The molecule has 5 N–H and O–H groups in total. The van der Waals surface area contributed by atoms with E-state index in [2.05, 4.69) is 174 Å². The van der Waals surface area contributed by atoms with E-state index >= 15 is 0 Å². The summed E-state index contributed by atoms with van der Waals surface area (Å²) < 4.78 is 0. The summed E-state index contributed by atoms with van der Waals surface area (Å²) in [5, 5.41) is 13.5. The van der Waals surface area contributed by atoms with Crippen LogP contribution in [0.5, 0.6) is 0 Å². The topological polar surface area (TPSA) is 62.1 Å². The second kappa shape index (κ2) is 18.1. The Morgan fingerprint density at radius 1 is 0.809 bits per heavy atom. The first-order valence-corrected chi connectivity index (χ1v) is 16.5. The number of rotatable bonds is 10. The third-order valence-corrected chi connectivity index (χ3v) is 7.94. The Morgan fingerprint density at radius 2 is 1.47 bits per heavy atom. The summed E-state index contributed by atoms with van der Waals surface area (Å²) in [7, 11) is 1.50. The molecule has 1 heterocycles. The van der Waals surface area contributed by atoms with Gasteiger partial charge in [0, 0.05) is 24.3 Å². The number of benzene rings is 5. The number of hydrogen-bond donors (Lipinski definition) is 4. The fourth-order valence-electron chi connectivity index (χ4n) is 5.79. The lowest BCUT2D eigenvalue weighted by atomic mass is 9.90. The molecule has 1 aliphatic heterocycles. The van der Waals surface area contributed by atoms with Crippen molar-refractivity contribution < 1.29 is 0 Å². The maximum atomic E-state index is 4.62. The molecule has 0 bridgehead atoms. The van der Waals surface area contributed by atoms with Crippen molar-refractivity contribution in [3.8, 4) is 0 Å². The lowest BCUT2D eigenvalue weighted by Crippen LogP contribution is -2.31. The van der Waals surface area contributed by atoms with Crippen LogP contribution >= 0.6 is 0 Å². The Kier molecular flexibility index (Phi) is 13.4. The molecule has 0 fully saturated rings. The molecule has 1 aliphatic rings. The van der Waals surface area contributed by atoms with E-state index in [1.165, 1.54) is 34.5 Å². The summed E-state index contributed by atoms with van der Waals surface area (Å²) in [6.07, 6.45) is 8.61. The van der Waals surface area contributed by atoms with Gasteiger partial charge in [-0.1, -0.05) is 154 Å². The van der Waals surface area contributed by atoms with Crippen LogP contribution in [0.2, 0.25) is 0 Å². The van der Waals surface area contributed by atoms with Gasteiger partial charge in [-0.05, 0) is 70.3 Å². The van der Waals surface area contributed by atoms with Crippen LogP contribution in [0, 0.1) is 0 Å². The standard InChI is InChI=1S/C40H37N3.C2H6.CH5N/c1-3-14-31-17-10-12-21-35(31)29(2)39-36-22-13-11-18-32(36)23-25-37(39)43-38-26-24-34(28-41-38)40(33-19-8-5-9-20-33)42-27-30-15-6-4-7-16-30;2*1-2/h3-26,40-43H,2,27-28H2,1H3;1-2H3;2H2,1H3/b14-3-;;. The van der Waals surface area contributed by atoms with Gasteiger partial charge in [-0.25, -0.2) is 0 Å². The first-order chi connectivity index (χ1) is 23.2.